The SMILES string of the molecule is CC.CCC.Cc1ccc(-c2ccc(C(c3ccccc3)c3ccc(C)c(-c4cc(C)ccc4CCCc4ccccc4)c3)cc2)cc1.Cc1ccc(C)c(-c2cc(C)ccc2C)c1.Cc1ccccc1.Cc1ccccc1. The first-order valence-electron chi connectivity index (χ1n) is 28.5. The van der Waals surface area contributed by atoms with Gasteiger partial charge in [0.25, 0.3) is 0 Å². The second-order valence-corrected chi connectivity index (χ2v) is 20.6. The molecule has 0 aliphatic rings. The molecule has 0 N–H and O–H groups in total. The summed E-state index contributed by atoms with van der Waals surface area (Å²) in [4.78, 5) is 0. The molecule has 0 saturated heterocycles. The monoisotopic (exact) mass is 1020 g/mol. The summed E-state index contributed by atoms with van der Waals surface area (Å²) in [7, 11) is 0. The summed E-state index contributed by atoms with van der Waals surface area (Å²) >= 11 is 0. The van der Waals surface area contributed by atoms with Gasteiger partial charge in [-0.3, -0.25) is 0 Å². The lowest BCUT2D eigenvalue weighted by Gasteiger charge is -2.22. The predicted octanol–water partition coefficient (Wildman–Crippen LogP) is 22.3. The molecule has 0 nitrogen and oxygen atoms in total. The molecule has 10 aromatic rings. The van der Waals surface area contributed by atoms with E-state index in [1.807, 2.05) is 50.2 Å². The molecule has 1 atom stereocenters. The maximum absolute atomic E-state index is 2.45. The molecule has 0 heterocycles. The van der Waals surface area contributed by atoms with Crippen molar-refractivity contribution in [1.82, 2.24) is 0 Å². The standard InChI is InChI=1S/C43H40.C16H18.2C7H8.C3H8.C2H6/c1-31-17-21-35(22-18-31)36-25-27-39(28-26-36)43(38-14-8-5-9-15-38)40-24-20-33(3)41(30-40)42-29-32(2)19-23-37(42)16-10-13-34-11-6-4-7-12-34;1-11-5-7-13(3)15(9-11)16-10-12(2)6-8-14(16)4;2*1-7-5-3-2-4-6-7;1-3-2;1-2/h4-9,11-12,14-15,17-30,43H,10,13,16H2,1-3H3;5-10H,1-4H3;2*2-6H,1H3;3H2,1-2H3;1-2H3. The summed E-state index contributed by atoms with van der Waals surface area (Å²) in [6.07, 6.45) is 4.55. The Morgan fingerprint density at radius 3 is 1.06 bits per heavy atom. The maximum Gasteiger partial charge on any atom is 0.0340 e. The maximum atomic E-state index is 2.45. The Balaban J connectivity index is 0.000000257. The molecule has 0 aliphatic carbocycles. The molecule has 0 amide bonds. The van der Waals surface area contributed by atoms with E-state index in [1.165, 1.54) is 118 Å². The second-order valence-electron chi connectivity index (χ2n) is 20.6. The average Bonchev–Trinajstić information content (AvgIpc) is 3.47. The summed E-state index contributed by atoms with van der Waals surface area (Å²) < 4.78 is 0. The third-order valence-corrected chi connectivity index (χ3v) is 13.6. The number of aryl methyl sites for hydroxylation is 11. The molecule has 0 saturated carbocycles. The predicted molar refractivity (Wildman–Crippen MR) is 344 cm³/mol. The van der Waals surface area contributed by atoms with Crippen molar-refractivity contribution in [2.75, 3.05) is 0 Å². The summed E-state index contributed by atoms with van der Waals surface area (Å²) in [6.45, 7) is 27.7. The van der Waals surface area contributed by atoms with E-state index in [4.69, 9.17) is 0 Å². The molecule has 78 heavy (non-hydrogen) atoms. The highest BCUT2D eigenvalue weighted by Gasteiger charge is 2.19. The van der Waals surface area contributed by atoms with Gasteiger partial charge in [0.2, 0.25) is 0 Å². The van der Waals surface area contributed by atoms with Crippen molar-refractivity contribution in [2.45, 2.75) is 122 Å². The molecular formula is C78H88. The third-order valence-electron chi connectivity index (χ3n) is 13.6. The van der Waals surface area contributed by atoms with Gasteiger partial charge in [0.1, 0.15) is 0 Å². The summed E-state index contributed by atoms with van der Waals surface area (Å²) in [5.74, 6) is 0.152. The minimum Gasteiger partial charge on any atom is -0.0683 e. The summed E-state index contributed by atoms with van der Waals surface area (Å²) in [5.41, 5.74) is 26.6. The van der Waals surface area contributed by atoms with E-state index in [2.05, 4.69) is 282 Å². The molecule has 0 spiro atoms. The van der Waals surface area contributed by atoms with Crippen molar-refractivity contribution >= 4 is 0 Å². The summed E-state index contributed by atoms with van der Waals surface area (Å²) in [6, 6.07) is 87.7. The molecule has 10 aromatic carbocycles. The fraction of sp³-hybridized carbons (Fsp3) is 0.231. The van der Waals surface area contributed by atoms with Crippen LogP contribution in [0.1, 0.15) is 124 Å². The lowest BCUT2D eigenvalue weighted by Crippen LogP contribution is -2.04. The van der Waals surface area contributed by atoms with E-state index in [1.54, 1.807) is 0 Å². The van der Waals surface area contributed by atoms with Gasteiger partial charge in [-0.25, -0.2) is 0 Å². The Labute approximate surface area is 473 Å². The van der Waals surface area contributed by atoms with Crippen LogP contribution >= 0.6 is 0 Å². The number of hydrogen-bond acceptors (Lipinski definition) is 0. The van der Waals surface area contributed by atoms with E-state index in [9.17, 15) is 0 Å². The van der Waals surface area contributed by atoms with E-state index in [-0.39, 0.29) is 5.92 Å². The van der Waals surface area contributed by atoms with Gasteiger partial charge in [0.15, 0.2) is 0 Å². The largest absolute Gasteiger partial charge is 0.0683 e. The number of benzene rings is 10. The van der Waals surface area contributed by atoms with Crippen LogP contribution in [0.4, 0.5) is 0 Å². The molecule has 0 aliphatic heterocycles. The van der Waals surface area contributed by atoms with E-state index in [0.29, 0.717) is 0 Å². The van der Waals surface area contributed by atoms with Gasteiger partial charge in [-0.1, -0.05) is 304 Å². The number of hydrogen-bond donors (Lipinski definition) is 0. The zero-order valence-corrected chi connectivity index (χ0v) is 49.5. The van der Waals surface area contributed by atoms with Gasteiger partial charge in [0.05, 0.1) is 0 Å². The molecular weight excluding hydrogens is 937 g/mol. The van der Waals surface area contributed by atoms with Gasteiger partial charge in [0, 0.05) is 5.92 Å². The zero-order valence-electron chi connectivity index (χ0n) is 49.5. The fourth-order valence-corrected chi connectivity index (χ4v) is 9.35. The van der Waals surface area contributed by atoms with E-state index >= 15 is 0 Å². The number of rotatable bonds is 10. The highest BCUT2D eigenvalue weighted by atomic mass is 14.2. The van der Waals surface area contributed by atoms with Gasteiger partial charge < -0.3 is 0 Å². The van der Waals surface area contributed by atoms with E-state index < -0.39 is 0 Å². The molecule has 10 rings (SSSR count). The highest BCUT2D eigenvalue weighted by Crippen LogP contribution is 2.38. The van der Waals surface area contributed by atoms with Gasteiger partial charge in [-0.05, 0) is 166 Å². The molecule has 0 aromatic heterocycles. The van der Waals surface area contributed by atoms with Crippen LogP contribution in [-0.2, 0) is 12.8 Å². The fourth-order valence-electron chi connectivity index (χ4n) is 9.35. The van der Waals surface area contributed by atoms with Gasteiger partial charge in [-0.15, -0.1) is 0 Å². The second kappa shape index (κ2) is 32.7. The minimum absolute atomic E-state index is 0.152. The van der Waals surface area contributed by atoms with Gasteiger partial charge >= 0.3 is 0 Å². The molecule has 0 fully saturated rings. The van der Waals surface area contributed by atoms with Crippen molar-refractivity contribution in [2.24, 2.45) is 0 Å². The lowest BCUT2D eigenvalue weighted by molar-refractivity contribution is 0.821. The van der Waals surface area contributed by atoms with Crippen LogP contribution in [0.3, 0.4) is 0 Å². The molecule has 0 heteroatoms. The Bertz CT molecular complexity index is 3170. The topological polar surface area (TPSA) is 0 Å². The first kappa shape index (κ1) is 61.1. The first-order valence-corrected chi connectivity index (χ1v) is 28.5. The van der Waals surface area contributed by atoms with Gasteiger partial charge in [-0.2, -0.15) is 0 Å². The van der Waals surface area contributed by atoms with Crippen molar-refractivity contribution in [3.63, 3.8) is 0 Å². The van der Waals surface area contributed by atoms with E-state index in [0.717, 1.165) is 19.3 Å². The quantitative estimate of drug-likeness (QED) is 0.120. The van der Waals surface area contributed by atoms with Crippen LogP contribution in [0, 0.1) is 62.3 Å². The van der Waals surface area contributed by atoms with Crippen LogP contribution in [0.2, 0.25) is 0 Å². The van der Waals surface area contributed by atoms with Crippen LogP contribution < -0.4 is 0 Å². The Hall–Kier alpha value is -7.80. The normalized spacial score (nSPS) is 10.5. The van der Waals surface area contributed by atoms with Crippen LogP contribution in [0.5, 0.6) is 0 Å². The Morgan fingerprint density at radius 1 is 0.282 bits per heavy atom. The van der Waals surface area contributed by atoms with Crippen LogP contribution in [0.25, 0.3) is 33.4 Å². The Kier molecular flexibility index (Phi) is 25.6. The molecule has 1 unspecified atom stereocenters. The minimum atomic E-state index is 0.152. The zero-order chi connectivity index (χ0) is 56.2. The first-order chi connectivity index (χ1) is 37.8. The highest BCUT2D eigenvalue weighted by molar-refractivity contribution is 5.74. The van der Waals surface area contributed by atoms with Crippen molar-refractivity contribution in [1.29, 1.82) is 0 Å². The van der Waals surface area contributed by atoms with Crippen LogP contribution in [-0.4, -0.2) is 0 Å². The summed E-state index contributed by atoms with van der Waals surface area (Å²) in [5, 5.41) is 0. The molecule has 0 radical (unpaired) electrons. The third kappa shape index (κ3) is 19.3. The smallest absolute Gasteiger partial charge is 0.0340 e. The lowest BCUT2D eigenvalue weighted by atomic mass is 9.82. The van der Waals surface area contributed by atoms with Crippen molar-refractivity contribution < 1.29 is 0 Å². The van der Waals surface area contributed by atoms with Crippen LogP contribution in [0.15, 0.2) is 243 Å². The molecule has 0 bridgehead atoms. The van der Waals surface area contributed by atoms with Crippen molar-refractivity contribution in [3.8, 4) is 33.4 Å². The Morgan fingerprint density at radius 2 is 0.615 bits per heavy atom. The van der Waals surface area contributed by atoms with Crippen molar-refractivity contribution in [3.05, 3.63) is 321 Å². The average molecular weight is 1030 g/mol. The molecule has 400 valence electrons.